The number of anilines is 2. The Balaban J connectivity index is 2.18. The van der Waals surface area contributed by atoms with Crippen LogP contribution in [0.3, 0.4) is 0 Å². The van der Waals surface area contributed by atoms with Crippen LogP contribution < -0.4 is 10.2 Å². The number of para-hydroxylation sites is 1. The van der Waals surface area contributed by atoms with Crippen LogP contribution in [0.4, 0.5) is 11.4 Å². The maximum Gasteiger partial charge on any atom is 0.316 e. The third-order valence-corrected chi connectivity index (χ3v) is 3.46. The number of hydrogen-bond donors (Lipinski definition) is 1. The van der Waals surface area contributed by atoms with Crippen LogP contribution in [0.2, 0.25) is 0 Å². The number of rotatable bonds is 3. The Labute approximate surface area is 130 Å². The van der Waals surface area contributed by atoms with E-state index < -0.39 is 11.8 Å². The van der Waals surface area contributed by atoms with Gasteiger partial charge in [0, 0.05) is 17.9 Å². The number of aryl methyl sites for hydroxylation is 2. The number of carbonyl (C=O) groups is 2. The van der Waals surface area contributed by atoms with Crippen molar-refractivity contribution in [2.45, 2.75) is 20.8 Å². The van der Waals surface area contributed by atoms with E-state index in [1.165, 1.54) is 4.90 Å². The maximum atomic E-state index is 12.4. The predicted molar refractivity (Wildman–Crippen MR) is 89.0 cm³/mol. The standard InChI is InChI=1S/C18H20N2O2/c1-4-20(15-10-7-8-13(2)12-15)18(22)17(21)19-16-11-6-5-9-14(16)3/h5-12H,4H2,1-3H3,(H,19,21). The summed E-state index contributed by atoms with van der Waals surface area (Å²) in [5.74, 6) is -1.19. The number of hydrogen-bond acceptors (Lipinski definition) is 2. The molecule has 0 heterocycles. The van der Waals surface area contributed by atoms with Gasteiger partial charge in [-0.15, -0.1) is 0 Å². The summed E-state index contributed by atoms with van der Waals surface area (Å²) >= 11 is 0. The number of nitrogens with zero attached hydrogens (tertiary/aromatic N) is 1. The fraction of sp³-hybridized carbons (Fsp3) is 0.222. The Morgan fingerprint density at radius 1 is 1.05 bits per heavy atom. The molecule has 0 saturated heterocycles. The van der Waals surface area contributed by atoms with Crippen LogP contribution in [0, 0.1) is 13.8 Å². The summed E-state index contributed by atoms with van der Waals surface area (Å²) in [6, 6.07) is 14.9. The van der Waals surface area contributed by atoms with Crippen molar-refractivity contribution in [2.75, 3.05) is 16.8 Å². The van der Waals surface area contributed by atoms with Gasteiger partial charge < -0.3 is 10.2 Å². The van der Waals surface area contributed by atoms with Gasteiger partial charge in [0.15, 0.2) is 0 Å². The van der Waals surface area contributed by atoms with Gasteiger partial charge in [-0.2, -0.15) is 0 Å². The summed E-state index contributed by atoms with van der Waals surface area (Å²) in [7, 11) is 0. The normalized spacial score (nSPS) is 10.1. The molecule has 0 spiro atoms. The number of likely N-dealkylation sites (N-methyl/N-ethyl adjacent to an activating group) is 1. The predicted octanol–water partition coefficient (Wildman–Crippen LogP) is 3.30. The van der Waals surface area contributed by atoms with Gasteiger partial charge in [-0.1, -0.05) is 30.3 Å². The molecule has 0 aliphatic carbocycles. The van der Waals surface area contributed by atoms with Crippen molar-refractivity contribution in [3.8, 4) is 0 Å². The average Bonchev–Trinajstić information content (AvgIpc) is 2.50. The molecule has 1 N–H and O–H groups in total. The van der Waals surface area contributed by atoms with Crippen LogP contribution in [0.25, 0.3) is 0 Å². The van der Waals surface area contributed by atoms with Gasteiger partial charge in [-0.3, -0.25) is 9.59 Å². The molecule has 2 aromatic carbocycles. The highest BCUT2D eigenvalue weighted by Gasteiger charge is 2.22. The summed E-state index contributed by atoms with van der Waals surface area (Å²) in [4.78, 5) is 26.1. The van der Waals surface area contributed by atoms with Crippen LogP contribution in [0.1, 0.15) is 18.1 Å². The molecule has 2 rings (SSSR count). The van der Waals surface area contributed by atoms with E-state index in [2.05, 4.69) is 5.32 Å². The van der Waals surface area contributed by atoms with Gasteiger partial charge in [0.05, 0.1) is 0 Å². The van der Waals surface area contributed by atoms with Crippen molar-refractivity contribution in [1.29, 1.82) is 0 Å². The van der Waals surface area contributed by atoms with Crippen LogP contribution in [-0.2, 0) is 9.59 Å². The summed E-state index contributed by atoms with van der Waals surface area (Å²) in [5.41, 5.74) is 3.35. The number of nitrogens with one attached hydrogen (secondary N) is 1. The Kier molecular flexibility index (Phi) is 4.94. The lowest BCUT2D eigenvalue weighted by Gasteiger charge is -2.21. The first-order valence-electron chi connectivity index (χ1n) is 7.28. The van der Waals surface area contributed by atoms with Crippen molar-refractivity contribution >= 4 is 23.2 Å². The second kappa shape index (κ2) is 6.89. The minimum absolute atomic E-state index is 0.434. The first-order valence-corrected chi connectivity index (χ1v) is 7.28. The lowest BCUT2D eigenvalue weighted by Crippen LogP contribution is -2.39. The first-order chi connectivity index (χ1) is 10.5. The third-order valence-electron chi connectivity index (χ3n) is 3.46. The fourth-order valence-electron chi connectivity index (χ4n) is 2.25. The molecule has 4 nitrogen and oxygen atoms in total. The Hall–Kier alpha value is -2.62. The molecule has 22 heavy (non-hydrogen) atoms. The highest BCUT2D eigenvalue weighted by molar-refractivity contribution is 6.44. The molecular formula is C18H20N2O2. The lowest BCUT2D eigenvalue weighted by molar-refractivity contribution is -0.134. The first kappa shape index (κ1) is 15.8. The highest BCUT2D eigenvalue weighted by atomic mass is 16.2. The second-order valence-electron chi connectivity index (χ2n) is 5.16. The van der Waals surface area contributed by atoms with Crippen molar-refractivity contribution in [3.05, 3.63) is 59.7 Å². The van der Waals surface area contributed by atoms with Gasteiger partial charge in [0.1, 0.15) is 0 Å². The van der Waals surface area contributed by atoms with Crippen molar-refractivity contribution in [1.82, 2.24) is 0 Å². The third kappa shape index (κ3) is 3.52. The Bertz CT molecular complexity index is 695. The van der Waals surface area contributed by atoms with Gasteiger partial charge >= 0.3 is 11.8 Å². The Morgan fingerprint density at radius 2 is 1.77 bits per heavy atom. The van der Waals surface area contributed by atoms with E-state index in [0.717, 1.165) is 16.8 Å². The lowest BCUT2D eigenvalue weighted by atomic mass is 10.2. The monoisotopic (exact) mass is 296 g/mol. The molecular weight excluding hydrogens is 276 g/mol. The summed E-state index contributed by atoms with van der Waals surface area (Å²) in [5, 5.41) is 2.68. The van der Waals surface area contributed by atoms with E-state index in [1.54, 1.807) is 6.07 Å². The van der Waals surface area contributed by atoms with Crippen LogP contribution in [-0.4, -0.2) is 18.4 Å². The minimum Gasteiger partial charge on any atom is -0.318 e. The van der Waals surface area contributed by atoms with Gasteiger partial charge in [0.25, 0.3) is 0 Å². The van der Waals surface area contributed by atoms with Crippen molar-refractivity contribution < 1.29 is 9.59 Å². The zero-order chi connectivity index (χ0) is 16.1. The van der Waals surface area contributed by atoms with E-state index in [-0.39, 0.29) is 0 Å². The molecule has 0 radical (unpaired) electrons. The van der Waals surface area contributed by atoms with Gasteiger partial charge in [0.2, 0.25) is 0 Å². The molecule has 0 aromatic heterocycles. The molecule has 0 atom stereocenters. The molecule has 0 aliphatic rings. The SMILES string of the molecule is CCN(C(=O)C(=O)Nc1ccccc1C)c1cccc(C)c1. The van der Waals surface area contributed by atoms with E-state index in [1.807, 2.05) is 63.2 Å². The summed E-state index contributed by atoms with van der Waals surface area (Å²) in [6.07, 6.45) is 0. The molecule has 0 saturated carbocycles. The van der Waals surface area contributed by atoms with E-state index >= 15 is 0 Å². The van der Waals surface area contributed by atoms with Gasteiger partial charge in [-0.05, 0) is 50.1 Å². The van der Waals surface area contributed by atoms with Crippen molar-refractivity contribution in [3.63, 3.8) is 0 Å². The molecule has 0 bridgehead atoms. The molecule has 0 fully saturated rings. The molecule has 0 unspecified atom stereocenters. The summed E-state index contributed by atoms with van der Waals surface area (Å²) < 4.78 is 0. The number of amides is 2. The summed E-state index contributed by atoms with van der Waals surface area (Å²) in [6.45, 7) is 6.12. The fourth-order valence-corrected chi connectivity index (χ4v) is 2.25. The highest BCUT2D eigenvalue weighted by Crippen LogP contribution is 2.17. The van der Waals surface area contributed by atoms with E-state index in [4.69, 9.17) is 0 Å². The van der Waals surface area contributed by atoms with E-state index in [0.29, 0.717) is 12.2 Å². The van der Waals surface area contributed by atoms with Crippen LogP contribution in [0.5, 0.6) is 0 Å². The van der Waals surface area contributed by atoms with Crippen molar-refractivity contribution in [2.24, 2.45) is 0 Å². The van der Waals surface area contributed by atoms with E-state index in [9.17, 15) is 9.59 Å². The zero-order valence-electron chi connectivity index (χ0n) is 13.1. The van der Waals surface area contributed by atoms with Crippen LogP contribution in [0.15, 0.2) is 48.5 Å². The smallest absolute Gasteiger partial charge is 0.316 e. The van der Waals surface area contributed by atoms with Crippen LogP contribution >= 0.6 is 0 Å². The molecule has 2 amide bonds. The molecule has 114 valence electrons. The Morgan fingerprint density at radius 3 is 2.41 bits per heavy atom. The van der Waals surface area contributed by atoms with Gasteiger partial charge in [-0.25, -0.2) is 0 Å². The second-order valence-corrected chi connectivity index (χ2v) is 5.16. The molecule has 4 heteroatoms. The maximum absolute atomic E-state index is 12.4. The average molecular weight is 296 g/mol. The molecule has 0 aliphatic heterocycles. The number of carbonyl (C=O) groups excluding carboxylic acids is 2. The quantitative estimate of drug-likeness (QED) is 0.884. The number of benzene rings is 2. The zero-order valence-corrected chi connectivity index (χ0v) is 13.1. The minimum atomic E-state index is -0.627. The largest absolute Gasteiger partial charge is 0.318 e. The molecule has 2 aromatic rings. The topological polar surface area (TPSA) is 49.4 Å².